The Morgan fingerprint density at radius 3 is 2.85 bits per heavy atom. The number of nitrogens with zero attached hydrogens (tertiary/aromatic N) is 3. The van der Waals surface area contributed by atoms with E-state index in [2.05, 4.69) is 20.0 Å². The average Bonchev–Trinajstić information content (AvgIpc) is 2.92. The highest BCUT2D eigenvalue weighted by molar-refractivity contribution is 5.95. The largest absolute Gasteiger partial charge is 0.397 e. The Morgan fingerprint density at radius 1 is 1.45 bits per heavy atom. The minimum Gasteiger partial charge on any atom is -0.397 e. The first-order valence-corrected chi connectivity index (χ1v) is 6.18. The van der Waals surface area contributed by atoms with Gasteiger partial charge in [-0.1, -0.05) is 5.16 Å². The summed E-state index contributed by atoms with van der Waals surface area (Å²) in [7, 11) is 3.41. The molecule has 0 spiro atoms. The summed E-state index contributed by atoms with van der Waals surface area (Å²) in [6.45, 7) is 0.630. The molecule has 1 aromatic heterocycles. The van der Waals surface area contributed by atoms with Crippen molar-refractivity contribution in [3.05, 3.63) is 36.0 Å². The minimum atomic E-state index is -0.0740. The van der Waals surface area contributed by atoms with E-state index < -0.39 is 0 Å². The van der Waals surface area contributed by atoms with Crippen LogP contribution in [0.2, 0.25) is 0 Å². The molecule has 0 aliphatic carbocycles. The normalized spacial score (nSPS) is 10.3. The van der Waals surface area contributed by atoms with Crippen LogP contribution in [0.4, 0.5) is 11.4 Å². The van der Waals surface area contributed by atoms with E-state index >= 15 is 0 Å². The molecule has 0 bridgehead atoms. The number of nitrogens with one attached hydrogen (secondary N) is 1. The summed E-state index contributed by atoms with van der Waals surface area (Å²) in [5.41, 5.74) is 7.82. The second-order valence-corrected chi connectivity index (χ2v) is 4.53. The Balaban J connectivity index is 1.97. The van der Waals surface area contributed by atoms with Crippen LogP contribution in [0.3, 0.4) is 0 Å². The number of benzene rings is 1. The van der Waals surface area contributed by atoms with Gasteiger partial charge in [0.25, 0.3) is 5.91 Å². The minimum absolute atomic E-state index is 0.0740. The highest BCUT2D eigenvalue weighted by Crippen LogP contribution is 2.20. The third-order valence-electron chi connectivity index (χ3n) is 2.78. The Hall–Kier alpha value is -2.57. The summed E-state index contributed by atoms with van der Waals surface area (Å²) in [6.07, 6.45) is 1.93. The summed E-state index contributed by atoms with van der Waals surface area (Å²) in [6, 6.07) is 5.21. The predicted molar refractivity (Wildman–Crippen MR) is 75.4 cm³/mol. The fourth-order valence-corrected chi connectivity index (χ4v) is 1.73. The van der Waals surface area contributed by atoms with Crippen LogP contribution >= 0.6 is 0 Å². The highest BCUT2D eigenvalue weighted by Gasteiger charge is 2.09. The molecule has 0 radical (unpaired) electrons. The quantitative estimate of drug-likeness (QED) is 0.790. The number of carbonyl (C=O) groups excluding carboxylic acids is 1. The van der Waals surface area contributed by atoms with Gasteiger partial charge in [-0.05, 0) is 18.2 Å². The summed E-state index contributed by atoms with van der Waals surface area (Å²) in [4.78, 5) is 17.2. The number of hydrogen-bond donors (Lipinski definition) is 2. The lowest BCUT2D eigenvalue weighted by Crippen LogP contribution is -2.21. The van der Waals surface area contributed by atoms with Crippen molar-refractivity contribution in [1.29, 1.82) is 0 Å². The Kier molecular flexibility index (Phi) is 4.19. The van der Waals surface area contributed by atoms with Crippen LogP contribution in [0.15, 0.2) is 29.1 Å². The fourth-order valence-electron chi connectivity index (χ4n) is 1.73. The van der Waals surface area contributed by atoms with E-state index in [1.807, 2.05) is 0 Å². The average molecular weight is 275 g/mol. The van der Waals surface area contributed by atoms with Crippen LogP contribution in [0.1, 0.15) is 16.2 Å². The molecule has 7 heteroatoms. The smallest absolute Gasteiger partial charge is 0.253 e. The second-order valence-electron chi connectivity index (χ2n) is 4.53. The lowest BCUT2D eigenvalue weighted by molar-refractivity contribution is 0.0827. The van der Waals surface area contributed by atoms with Crippen molar-refractivity contribution in [3.63, 3.8) is 0 Å². The number of anilines is 2. The van der Waals surface area contributed by atoms with Gasteiger partial charge in [-0.25, -0.2) is 0 Å². The van der Waals surface area contributed by atoms with Crippen molar-refractivity contribution in [2.45, 2.75) is 6.42 Å². The maximum absolute atomic E-state index is 11.8. The zero-order valence-electron chi connectivity index (χ0n) is 11.5. The highest BCUT2D eigenvalue weighted by atomic mass is 16.5. The van der Waals surface area contributed by atoms with Gasteiger partial charge in [0.05, 0.1) is 11.4 Å². The molecule has 1 heterocycles. The Labute approximate surface area is 116 Å². The van der Waals surface area contributed by atoms with Gasteiger partial charge in [-0.2, -0.15) is 4.98 Å². The third-order valence-corrected chi connectivity index (χ3v) is 2.78. The van der Waals surface area contributed by atoms with Crippen LogP contribution in [0.5, 0.6) is 0 Å². The van der Waals surface area contributed by atoms with Gasteiger partial charge < -0.3 is 20.5 Å². The zero-order chi connectivity index (χ0) is 14.5. The molecule has 0 saturated heterocycles. The molecule has 0 atom stereocenters. The Bertz CT molecular complexity index is 580. The zero-order valence-corrected chi connectivity index (χ0v) is 11.5. The molecule has 2 rings (SSSR count). The van der Waals surface area contributed by atoms with Gasteiger partial charge in [-0.15, -0.1) is 0 Å². The molecule has 106 valence electrons. The molecule has 0 unspecified atom stereocenters. The van der Waals surface area contributed by atoms with Gasteiger partial charge in [0.2, 0.25) is 6.39 Å². The summed E-state index contributed by atoms with van der Waals surface area (Å²) < 4.78 is 4.65. The van der Waals surface area contributed by atoms with Crippen molar-refractivity contribution >= 4 is 17.3 Å². The predicted octanol–water partition coefficient (Wildman–Crippen LogP) is 1.01. The molecule has 7 nitrogen and oxygen atoms in total. The van der Waals surface area contributed by atoms with Crippen molar-refractivity contribution in [1.82, 2.24) is 15.0 Å². The SMILES string of the molecule is CN(C)C(=O)c1ccc(NCCc2ncon2)c(N)c1. The number of rotatable bonds is 5. The Morgan fingerprint density at radius 2 is 2.25 bits per heavy atom. The van der Waals surface area contributed by atoms with Gasteiger partial charge >= 0.3 is 0 Å². The number of amides is 1. The van der Waals surface area contributed by atoms with Crippen LogP contribution in [-0.4, -0.2) is 41.6 Å². The lowest BCUT2D eigenvalue weighted by atomic mass is 10.1. The third kappa shape index (κ3) is 3.25. The summed E-state index contributed by atoms with van der Waals surface area (Å²) in [5, 5.41) is 6.89. The monoisotopic (exact) mass is 275 g/mol. The van der Waals surface area contributed by atoms with E-state index in [0.29, 0.717) is 30.0 Å². The summed E-state index contributed by atoms with van der Waals surface area (Å²) >= 11 is 0. The van der Waals surface area contributed by atoms with Crippen molar-refractivity contribution in [2.75, 3.05) is 31.7 Å². The van der Waals surface area contributed by atoms with Gasteiger partial charge in [-0.3, -0.25) is 4.79 Å². The molecule has 0 aliphatic heterocycles. The first-order valence-electron chi connectivity index (χ1n) is 6.18. The van der Waals surface area contributed by atoms with Crippen LogP contribution < -0.4 is 11.1 Å². The van der Waals surface area contributed by atoms with Crippen LogP contribution in [-0.2, 0) is 6.42 Å². The lowest BCUT2D eigenvalue weighted by Gasteiger charge is -2.13. The molecular weight excluding hydrogens is 258 g/mol. The van der Waals surface area contributed by atoms with Crippen LogP contribution in [0, 0.1) is 0 Å². The number of carbonyl (C=O) groups is 1. The molecule has 0 fully saturated rings. The van der Waals surface area contributed by atoms with E-state index in [0.717, 1.165) is 5.69 Å². The van der Waals surface area contributed by atoms with E-state index in [1.54, 1.807) is 32.3 Å². The molecule has 0 saturated carbocycles. The number of aromatic nitrogens is 2. The van der Waals surface area contributed by atoms with Crippen molar-refractivity contribution < 1.29 is 9.32 Å². The van der Waals surface area contributed by atoms with Crippen LogP contribution in [0.25, 0.3) is 0 Å². The molecule has 20 heavy (non-hydrogen) atoms. The molecule has 0 aliphatic rings. The van der Waals surface area contributed by atoms with E-state index in [1.165, 1.54) is 11.3 Å². The molecule has 1 aromatic carbocycles. The van der Waals surface area contributed by atoms with E-state index in [4.69, 9.17) is 5.73 Å². The standard InChI is InChI=1S/C13H17N5O2/c1-18(2)13(19)9-3-4-11(10(14)7-9)15-6-5-12-16-8-20-17-12/h3-4,7-8,15H,5-6,14H2,1-2H3. The van der Waals surface area contributed by atoms with E-state index in [-0.39, 0.29) is 5.91 Å². The number of nitrogens with two attached hydrogens (primary N) is 1. The number of nitrogen functional groups attached to an aromatic ring is 1. The van der Waals surface area contributed by atoms with E-state index in [9.17, 15) is 4.79 Å². The molecular formula is C13H17N5O2. The van der Waals surface area contributed by atoms with Crippen molar-refractivity contribution in [2.24, 2.45) is 0 Å². The first-order chi connectivity index (χ1) is 9.58. The topological polar surface area (TPSA) is 97.3 Å². The van der Waals surface area contributed by atoms with Crippen molar-refractivity contribution in [3.8, 4) is 0 Å². The molecule has 2 aromatic rings. The number of hydrogen-bond acceptors (Lipinski definition) is 6. The van der Waals surface area contributed by atoms with Gasteiger partial charge in [0, 0.05) is 32.6 Å². The fraction of sp³-hybridized carbons (Fsp3) is 0.308. The maximum Gasteiger partial charge on any atom is 0.253 e. The molecule has 3 N–H and O–H groups in total. The van der Waals surface area contributed by atoms with Gasteiger partial charge in [0.1, 0.15) is 0 Å². The second kappa shape index (κ2) is 6.05. The van der Waals surface area contributed by atoms with Gasteiger partial charge in [0.15, 0.2) is 5.82 Å². The summed E-state index contributed by atoms with van der Waals surface area (Å²) in [5.74, 6) is 0.561. The molecule has 1 amide bonds. The maximum atomic E-state index is 11.8. The first kappa shape index (κ1) is 13.9.